The molecule has 1 heterocycles. The molecule has 1 N–H and O–H groups in total. The predicted molar refractivity (Wildman–Crippen MR) is 103 cm³/mol. The van der Waals surface area contributed by atoms with Crippen LogP contribution in [0.4, 0.5) is 15.8 Å². The first kappa shape index (κ1) is 18.4. The van der Waals surface area contributed by atoms with Crippen LogP contribution in [0.5, 0.6) is 0 Å². The molecular formula is C18H15ClFN3O2S. The fourth-order valence-corrected chi connectivity index (χ4v) is 3.72. The van der Waals surface area contributed by atoms with E-state index < -0.39 is 22.9 Å². The van der Waals surface area contributed by atoms with Crippen molar-refractivity contribution in [1.82, 2.24) is 0 Å². The van der Waals surface area contributed by atoms with E-state index in [1.54, 1.807) is 31.3 Å². The molecule has 0 aliphatic carbocycles. The molecule has 0 bridgehead atoms. The lowest BCUT2D eigenvalue weighted by atomic mass is 10.3. The standard InChI is InChI=1S/C18H15ClFN3O2S/c1-21-18(22-12-6-4-5-11(19)9-12)26-15-10-16(24)23(17(15)25)14-8-3-2-7-13(14)20/h2-9,15H,10H2,1H3,(H,21,22)/t15-/m0/s1. The van der Waals surface area contributed by atoms with Crippen LogP contribution in [-0.2, 0) is 9.59 Å². The summed E-state index contributed by atoms with van der Waals surface area (Å²) in [6.45, 7) is 0. The Hall–Kier alpha value is -2.38. The number of amides is 2. The van der Waals surface area contributed by atoms with Gasteiger partial charge in [0.2, 0.25) is 11.8 Å². The average Bonchev–Trinajstić information content (AvgIpc) is 2.88. The third kappa shape index (κ3) is 3.89. The molecule has 1 atom stereocenters. The van der Waals surface area contributed by atoms with Crippen molar-refractivity contribution >= 4 is 51.7 Å². The average molecular weight is 392 g/mol. The molecule has 0 aromatic heterocycles. The second-order valence-electron chi connectivity index (χ2n) is 5.49. The molecular weight excluding hydrogens is 377 g/mol. The summed E-state index contributed by atoms with van der Waals surface area (Å²) in [6, 6.07) is 12.8. The lowest BCUT2D eigenvalue weighted by Crippen LogP contribution is -2.32. The Morgan fingerprint density at radius 3 is 2.73 bits per heavy atom. The third-order valence-electron chi connectivity index (χ3n) is 3.73. The molecule has 1 aliphatic rings. The number of para-hydroxylation sites is 1. The molecule has 0 unspecified atom stereocenters. The van der Waals surface area contributed by atoms with E-state index in [0.717, 1.165) is 16.7 Å². The van der Waals surface area contributed by atoms with Crippen LogP contribution < -0.4 is 10.2 Å². The monoisotopic (exact) mass is 391 g/mol. The van der Waals surface area contributed by atoms with Gasteiger partial charge in [0.15, 0.2) is 5.17 Å². The number of nitrogens with zero attached hydrogens (tertiary/aromatic N) is 2. The Kier molecular flexibility index (Phi) is 5.58. The molecule has 0 saturated carbocycles. The van der Waals surface area contributed by atoms with Crippen molar-refractivity contribution in [3.63, 3.8) is 0 Å². The van der Waals surface area contributed by atoms with Gasteiger partial charge in [-0.15, -0.1) is 0 Å². The normalized spacial score (nSPS) is 17.7. The molecule has 1 fully saturated rings. The highest BCUT2D eigenvalue weighted by atomic mass is 35.5. The number of benzene rings is 2. The van der Waals surface area contributed by atoms with Gasteiger partial charge in [-0.05, 0) is 30.3 Å². The summed E-state index contributed by atoms with van der Waals surface area (Å²) in [7, 11) is 1.58. The molecule has 0 radical (unpaired) electrons. The highest BCUT2D eigenvalue weighted by molar-refractivity contribution is 8.15. The third-order valence-corrected chi connectivity index (χ3v) is 5.13. The summed E-state index contributed by atoms with van der Waals surface area (Å²) in [6.07, 6.45) is -0.0198. The number of rotatable bonds is 3. The number of thioether (sulfide) groups is 1. The molecule has 3 rings (SSSR count). The van der Waals surface area contributed by atoms with E-state index in [9.17, 15) is 14.0 Å². The highest BCUT2D eigenvalue weighted by Gasteiger charge is 2.41. The summed E-state index contributed by atoms with van der Waals surface area (Å²) in [4.78, 5) is 29.9. The first-order valence-electron chi connectivity index (χ1n) is 7.77. The van der Waals surface area contributed by atoms with Crippen LogP contribution in [0.2, 0.25) is 5.02 Å². The number of nitrogens with one attached hydrogen (secondary N) is 1. The molecule has 5 nitrogen and oxygen atoms in total. The number of hydrogen-bond acceptors (Lipinski definition) is 4. The minimum absolute atomic E-state index is 0.0198. The fourth-order valence-electron chi connectivity index (χ4n) is 2.54. The molecule has 2 amide bonds. The van der Waals surface area contributed by atoms with Crippen molar-refractivity contribution in [2.45, 2.75) is 11.7 Å². The number of hydrogen-bond donors (Lipinski definition) is 1. The van der Waals surface area contributed by atoms with E-state index in [0.29, 0.717) is 15.9 Å². The Bertz CT molecular complexity index is 890. The van der Waals surface area contributed by atoms with Crippen LogP contribution in [0.1, 0.15) is 6.42 Å². The van der Waals surface area contributed by atoms with Crippen LogP contribution in [0.25, 0.3) is 0 Å². The molecule has 1 aliphatic heterocycles. The van der Waals surface area contributed by atoms with E-state index in [1.165, 1.54) is 18.2 Å². The maximum atomic E-state index is 14.0. The largest absolute Gasteiger partial charge is 0.335 e. The van der Waals surface area contributed by atoms with Crippen molar-refractivity contribution in [2.75, 3.05) is 17.3 Å². The lowest BCUT2D eigenvalue weighted by Gasteiger charge is -2.16. The fraction of sp³-hybridized carbons (Fsp3) is 0.167. The van der Waals surface area contributed by atoms with Gasteiger partial charge in [0.25, 0.3) is 0 Å². The predicted octanol–water partition coefficient (Wildman–Crippen LogP) is 3.94. The van der Waals surface area contributed by atoms with Crippen LogP contribution in [0, 0.1) is 5.82 Å². The zero-order chi connectivity index (χ0) is 18.7. The molecule has 1 saturated heterocycles. The maximum Gasteiger partial charge on any atom is 0.247 e. The Labute approximate surface area is 159 Å². The minimum atomic E-state index is -0.674. The van der Waals surface area contributed by atoms with Gasteiger partial charge in [-0.2, -0.15) is 0 Å². The summed E-state index contributed by atoms with van der Waals surface area (Å²) in [5, 5.41) is 3.43. The van der Waals surface area contributed by atoms with Gasteiger partial charge >= 0.3 is 0 Å². The van der Waals surface area contributed by atoms with Crippen molar-refractivity contribution in [3.8, 4) is 0 Å². The smallest absolute Gasteiger partial charge is 0.247 e. The quantitative estimate of drug-likeness (QED) is 0.489. The van der Waals surface area contributed by atoms with E-state index in [1.807, 2.05) is 6.07 Å². The number of carbonyl (C=O) groups excluding carboxylic acids is 2. The van der Waals surface area contributed by atoms with Crippen LogP contribution in [-0.4, -0.2) is 29.3 Å². The molecule has 0 spiro atoms. The van der Waals surface area contributed by atoms with Gasteiger partial charge in [0, 0.05) is 24.2 Å². The Morgan fingerprint density at radius 1 is 1.27 bits per heavy atom. The molecule has 134 valence electrons. The Balaban J connectivity index is 1.75. The molecule has 8 heteroatoms. The molecule has 2 aromatic carbocycles. The summed E-state index contributed by atoms with van der Waals surface area (Å²) in [5.41, 5.74) is 0.691. The van der Waals surface area contributed by atoms with Crippen LogP contribution in [0.3, 0.4) is 0 Å². The SMILES string of the molecule is CN=C(Nc1cccc(Cl)c1)S[C@H]1CC(=O)N(c2ccccc2F)C1=O. The van der Waals surface area contributed by atoms with Crippen molar-refractivity contribution in [3.05, 3.63) is 59.4 Å². The number of aliphatic imine (C=N–C) groups is 1. The van der Waals surface area contributed by atoms with Crippen molar-refractivity contribution < 1.29 is 14.0 Å². The van der Waals surface area contributed by atoms with E-state index in [2.05, 4.69) is 10.3 Å². The van der Waals surface area contributed by atoms with Gasteiger partial charge in [-0.1, -0.05) is 41.6 Å². The number of carbonyl (C=O) groups is 2. The van der Waals surface area contributed by atoms with E-state index in [-0.39, 0.29) is 12.1 Å². The van der Waals surface area contributed by atoms with Crippen LogP contribution in [0.15, 0.2) is 53.5 Å². The molecule has 2 aromatic rings. The van der Waals surface area contributed by atoms with Crippen LogP contribution >= 0.6 is 23.4 Å². The van der Waals surface area contributed by atoms with E-state index >= 15 is 0 Å². The van der Waals surface area contributed by atoms with E-state index in [4.69, 9.17) is 11.6 Å². The number of halogens is 2. The lowest BCUT2D eigenvalue weighted by molar-refractivity contribution is -0.121. The van der Waals surface area contributed by atoms with Gasteiger partial charge in [-0.3, -0.25) is 14.6 Å². The topological polar surface area (TPSA) is 61.8 Å². The minimum Gasteiger partial charge on any atom is -0.335 e. The summed E-state index contributed by atoms with van der Waals surface area (Å²) >= 11 is 7.09. The summed E-state index contributed by atoms with van der Waals surface area (Å²) in [5.74, 6) is -1.50. The van der Waals surface area contributed by atoms with Crippen molar-refractivity contribution in [2.24, 2.45) is 4.99 Å². The van der Waals surface area contributed by atoms with Crippen molar-refractivity contribution in [1.29, 1.82) is 0 Å². The van der Waals surface area contributed by atoms with Gasteiger partial charge in [-0.25, -0.2) is 9.29 Å². The first-order chi connectivity index (χ1) is 12.5. The number of imide groups is 1. The number of anilines is 2. The maximum absolute atomic E-state index is 14.0. The highest BCUT2D eigenvalue weighted by Crippen LogP contribution is 2.32. The first-order valence-corrected chi connectivity index (χ1v) is 9.02. The summed E-state index contributed by atoms with van der Waals surface area (Å²) < 4.78 is 14.0. The van der Waals surface area contributed by atoms with Gasteiger partial charge in [0.1, 0.15) is 11.1 Å². The second-order valence-corrected chi connectivity index (χ2v) is 7.12. The molecule has 26 heavy (non-hydrogen) atoms. The van der Waals surface area contributed by atoms with Gasteiger partial charge in [0.05, 0.1) is 5.69 Å². The second kappa shape index (κ2) is 7.88. The van der Waals surface area contributed by atoms with Gasteiger partial charge < -0.3 is 5.32 Å². The zero-order valence-corrected chi connectivity index (χ0v) is 15.4. The zero-order valence-electron chi connectivity index (χ0n) is 13.8. The number of amidine groups is 1. The Morgan fingerprint density at radius 2 is 2.04 bits per heavy atom.